The molecule has 0 bridgehead atoms. The van der Waals surface area contributed by atoms with Gasteiger partial charge in [-0.25, -0.2) is 4.79 Å². The molecule has 1 aliphatic heterocycles. The minimum absolute atomic E-state index is 0.0585. The summed E-state index contributed by atoms with van der Waals surface area (Å²) in [4.78, 5) is 33.2. The molecule has 2 amide bonds. The van der Waals surface area contributed by atoms with Gasteiger partial charge in [0.2, 0.25) is 11.8 Å². The second kappa shape index (κ2) is 17.6. The second-order valence-corrected chi connectivity index (χ2v) is 15.6. The number of carbonyl (C=O) groups excluding carboxylic acids is 2. The predicted octanol–water partition coefficient (Wildman–Crippen LogP) is 8.43. The quantitative estimate of drug-likeness (QED) is 0.0916. The second-order valence-electron chi connectivity index (χ2n) is 15.6. The molecule has 57 heavy (non-hydrogen) atoms. The van der Waals surface area contributed by atoms with E-state index in [1.807, 2.05) is 109 Å². The summed E-state index contributed by atoms with van der Waals surface area (Å²) in [7, 11) is 0. The van der Waals surface area contributed by atoms with Gasteiger partial charge in [0.25, 0.3) is 5.91 Å². The number of aliphatic hydroxyl groups is 1. The lowest BCUT2D eigenvalue weighted by molar-refractivity contribution is -0.00428. The highest BCUT2D eigenvalue weighted by molar-refractivity contribution is 6.10. The van der Waals surface area contributed by atoms with Crippen LogP contribution in [0.15, 0.2) is 121 Å². The van der Waals surface area contributed by atoms with Crippen LogP contribution in [-0.4, -0.2) is 40.3 Å². The van der Waals surface area contributed by atoms with Crippen molar-refractivity contribution in [3.63, 3.8) is 0 Å². The summed E-state index contributed by atoms with van der Waals surface area (Å²) in [5.74, 6) is 1.32. The normalized spacial score (nSPS) is 19.4. The van der Waals surface area contributed by atoms with Crippen molar-refractivity contribution in [2.45, 2.75) is 89.0 Å². The van der Waals surface area contributed by atoms with Gasteiger partial charge in [0, 0.05) is 30.3 Å². The first kappa shape index (κ1) is 38.2. The number of benzene rings is 4. The molecule has 2 fully saturated rings. The number of nitrogens with one attached hydrogen (secondary N) is 2. The van der Waals surface area contributed by atoms with Crippen LogP contribution in [0, 0.1) is 5.92 Å². The summed E-state index contributed by atoms with van der Waals surface area (Å²) in [6.45, 7) is 1.38. The van der Waals surface area contributed by atoms with Crippen molar-refractivity contribution < 1.29 is 28.9 Å². The first-order valence-corrected chi connectivity index (χ1v) is 20.1. The average molecular weight is 767 g/mol. The zero-order valence-electron chi connectivity index (χ0n) is 32.1. The standard InChI is InChI=1S/C47H50N4O6/c52-45-39-18-10-17-38(41(27-33-19-20-33)49-37-23-25-47(54,26-24-37)32-48-46(53)57-31-36-15-8-3-9-16-36)40(39)28-51(45)42-21-22-43(55-29-34-11-4-1-5-12-34)50-44(42)56-30-35-13-6-2-7-14-35/h1-18,21-22,33,37,41,49,54H,19-20,23-32H2,(H,48,53). The van der Waals surface area contributed by atoms with Gasteiger partial charge < -0.3 is 30.0 Å². The summed E-state index contributed by atoms with van der Waals surface area (Å²) in [6, 6.07) is 39.4. The van der Waals surface area contributed by atoms with Gasteiger partial charge in [-0.1, -0.05) is 116 Å². The van der Waals surface area contributed by atoms with E-state index in [0.29, 0.717) is 61.5 Å². The highest BCUT2D eigenvalue weighted by Crippen LogP contribution is 2.43. The Bertz CT molecular complexity index is 2120. The predicted molar refractivity (Wildman–Crippen MR) is 218 cm³/mol. The van der Waals surface area contributed by atoms with Crippen LogP contribution in [0.1, 0.15) is 89.2 Å². The van der Waals surface area contributed by atoms with E-state index >= 15 is 0 Å². The Morgan fingerprint density at radius 2 is 1.40 bits per heavy atom. The Morgan fingerprint density at radius 3 is 2.05 bits per heavy atom. The van der Waals surface area contributed by atoms with Crippen LogP contribution < -0.4 is 25.0 Å². The summed E-state index contributed by atoms with van der Waals surface area (Å²) < 4.78 is 17.8. The molecule has 2 aliphatic carbocycles. The van der Waals surface area contributed by atoms with Gasteiger partial charge >= 0.3 is 6.09 Å². The number of hydrogen-bond donors (Lipinski definition) is 3. The van der Waals surface area contributed by atoms with E-state index < -0.39 is 11.7 Å². The largest absolute Gasteiger partial charge is 0.473 e. The van der Waals surface area contributed by atoms with Crippen LogP contribution in [0.3, 0.4) is 0 Å². The molecule has 3 aliphatic rings. The Labute approximate surface area is 334 Å². The number of anilines is 1. The van der Waals surface area contributed by atoms with Crippen molar-refractivity contribution in [1.29, 1.82) is 0 Å². The molecule has 8 rings (SSSR count). The maximum Gasteiger partial charge on any atom is 0.407 e. The molecule has 10 heteroatoms. The fourth-order valence-electron chi connectivity index (χ4n) is 7.91. The van der Waals surface area contributed by atoms with Gasteiger partial charge in [-0.2, -0.15) is 4.98 Å². The molecule has 294 valence electrons. The molecule has 4 aromatic carbocycles. The van der Waals surface area contributed by atoms with E-state index in [1.54, 1.807) is 11.0 Å². The smallest absolute Gasteiger partial charge is 0.407 e. The third-order valence-electron chi connectivity index (χ3n) is 11.3. The van der Waals surface area contributed by atoms with Crippen LogP contribution in [-0.2, 0) is 31.1 Å². The van der Waals surface area contributed by atoms with Crippen molar-refractivity contribution in [2.24, 2.45) is 5.92 Å². The zero-order valence-corrected chi connectivity index (χ0v) is 32.1. The molecule has 0 spiro atoms. The van der Waals surface area contributed by atoms with E-state index in [0.717, 1.165) is 47.1 Å². The van der Waals surface area contributed by atoms with Crippen LogP contribution in [0.2, 0.25) is 0 Å². The minimum Gasteiger partial charge on any atom is -0.473 e. The van der Waals surface area contributed by atoms with Crippen molar-refractivity contribution in [2.75, 3.05) is 11.4 Å². The molecule has 1 unspecified atom stereocenters. The van der Waals surface area contributed by atoms with Crippen molar-refractivity contribution in [3.05, 3.63) is 155 Å². The number of ether oxygens (including phenoxy) is 3. The van der Waals surface area contributed by atoms with E-state index in [9.17, 15) is 14.7 Å². The molecule has 1 aromatic heterocycles. The topological polar surface area (TPSA) is 122 Å². The van der Waals surface area contributed by atoms with Gasteiger partial charge in [0.05, 0.1) is 12.1 Å². The van der Waals surface area contributed by atoms with Crippen LogP contribution in [0.25, 0.3) is 0 Å². The fourth-order valence-corrected chi connectivity index (χ4v) is 7.91. The van der Waals surface area contributed by atoms with E-state index in [4.69, 9.17) is 19.2 Å². The van der Waals surface area contributed by atoms with Crippen molar-refractivity contribution >= 4 is 17.7 Å². The summed E-state index contributed by atoms with van der Waals surface area (Å²) in [6.07, 6.45) is 5.53. The van der Waals surface area contributed by atoms with Crippen LogP contribution in [0.5, 0.6) is 11.8 Å². The fraction of sp³-hybridized carbons (Fsp3) is 0.340. The highest BCUT2D eigenvalue weighted by atomic mass is 16.5. The van der Waals surface area contributed by atoms with E-state index in [-0.39, 0.29) is 31.1 Å². The molecule has 0 radical (unpaired) electrons. The van der Waals surface area contributed by atoms with Gasteiger partial charge in [-0.05, 0) is 78.0 Å². The van der Waals surface area contributed by atoms with E-state index in [1.165, 1.54) is 12.8 Å². The van der Waals surface area contributed by atoms with Crippen molar-refractivity contribution in [3.8, 4) is 11.8 Å². The molecule has 2 saturated carbocycles. The Balaban J connectivity index is 0.945. The van der Waals surface area contributed by atoms with Gasteiger partial charge in [0.15, 0.2) is 0 Å². The molecule has 3 N–H and O–H groups in total. The SMILES string of the molecule is O=C(NCC1(O)CCC(NC(CC2CC2)c2cccc3c2CN(c2ccc(OCc4ccccc4)nc2OCc2ccccc2)C3=O)CC1)OCc1ccccc1. The number of amides is 2. The number of aromatic nitrogens is 1. The number of carbonyl (C=O) groups is 2. The molecule has 5 aromatic rings. The van der Waals surface area contributed by atoms with Gasteiger partial charge in [-0.15, -0.1) is 0 Å². The monoisotopic (exact) mass is 766 g/mol. The molecule has 2 heterocycles. The first-order chi connectivity index (χ1) is 27.9. The summed E-state index contributed by atoms with van der Waals surface area (Å²) in [5.41, 5.74) is 5.39. The number of hydrogen-bond acceptors (Lipinski definition) is 8. The molecular formula is C47H50N4O6. The van der Waals surface area contributed by atoms with Gasteiger partial charge in [0.1, 0.15) is 25.5 Å². The lowest BCUT2D eigenvalue weighted by Gasteiger charge is -2.38. The first-order valence-electron chi connectivity index (χ1n) is 20.1. The Morgan fingerprint density at radius 1 is 0.772 bits per heavy atom. The molecular weight excluding hydrogens is 717 g/mol. The zero-order chi connectivity index (χ0) is 39.0. The van der Waals surface area contributed by atoms with Crippen LogP contribution >= 0.6 is 0 Å². The third kappa shape index (κ3) is 9.82. The maximum atomic E-state index is 14.2. The van der Waals surface area contributed by atoms with Gasteiger partial charge in [-0.3, -0.25) is 9.69 Å². The number of fused-ring (bicyclic) bond motifs is 1. The molecule has 10 nitrogen and oxygen atoms in total. The highest BCUT2D eigenvalue weighted by Gasteiger charge is 2.38. The van der Waals surface area contributed by atoms with Crippen LogP contribution in [0.4, 0.5) is 10.5 Å². The number of pyridine rings is 1. The summed E-state index contributed by atoms with van der Waals surface area (Å²) >= 11 is 0. The lowest BCUT2D eigenvalue weighted by Crippen LogP contribution is -2.48. The Hall–Kier alpha value is -5.71. The molecule has 1 atom stereocenters. The Kier molecular flexibility index (Phi) is 11.8. The lowest BCUT2D eigenvalue weighted by atomic mass is 9.81. The number of rotatable bonds is 16. The molecule has 0 saturated heterocycles. The third-order valence-corrected chi connectivity index (χ3v) is 11.3. The number of alkyl carbamates (subject to hydrolysis) is 1. The summed E-state index contributed by atoms with van der Waals surface area (Å²) in [5, 5.41) is 18.1. The van der Waals surface area contributed by atoms with E-state index in [2.05, 4.69) is 16.7 Å². The minimum atomic E-state index is -0.993. The number of nitrogens with zero attached hydrogens (tertiary/aromatic N) is 2. The average Bonchev–Trinajstić information content (AvgIpc) is 4.02. The maximum absolute atomic E-state index is 14.2. The van der Waals surface area contributed by atoms with Crippen molar-refractivity contribution in [1.82, 2.24) is 15.6 Å².